The molecule has 1 fully saturated rings. The van der Waals surface area contributed by atoms with Gasteiger partial charge in [-0.05, 0) is 38.2 Å². The molecule has 0 unspecified atom stereocenters. The number of carbonyl (C=O) groups is 2. The molecule has 1 aliphatic heterocycles. The average Bonchev–Trinajstić information content (AvgIpc) is 3.50. The number of hydrogen-bond acceptors (Lipinski definition) is 7. The van der Waals surface area contributed by atoms with Gasteiger partial charge in [-0.25, -0.2) is 13.4 Å². The van der Waals surface area contributed by atoms with Crippen LogP contribution in [0.3, 0.4) is 0 Å². The van der Waals surface area contributed by atoms with E-state index < -0.39 is 27.9 Å². The zero-order chi connectivity index (χ0) is 25.9. The van der Waals surface area contributed by atoms with Crippen molar-refractivity contribution in [2.24, 2.45) is 0 Å². The number of nitrogens with zero attached hydrogens (tertiary/aromatic N) is 3. The topological polar surface area (TPSA) is 127 Å². The SMILES string of the molecule is Cc1cnc(-c2cccc(S(=O)(=O)N[C@@H](CNC(=O)c3ccc(Cl)s3)C(=O)N3CCN(C)CC3)c2)[nH]1. The molecule has 1 aromatic carbocycles. The first-order valence-electron chi connectivity index (χ1n) is 11.3. The number of likely N-dealkylation sites (N-methyl/N-ethyl adjacent to an activating group) is 1. The van der Waals surface area contributed by atoms with Crippen molar-refractivity contribution in [3.8, 4) is 11.4 Å². The van der Waals surface area contributed by atoms with Gasteiger partial charge in [0.15, 0.2) is 0 Å². The fraction of sp³-hybridized carbons (Fsp3) is 0.348. The third-order valence-corrected chi connectivity index (χ3v) is 8.49. The Balaban J connectivity index is 1.55. The Kier molecular flexibility index (Phi) is 8.10. The van der Waals surface area contributed by atoms with Gasteiger partial charge in [0.05, 0.1) is 14.1 Å². The zero-order valence-electron chi connectivity index (χ0n) is 19.8. The number of imidazole rings is 1. The Hall–Kier alpha value is -2.77. The first-order valence-corrected chi connectivity index (χ1v) is 14.0. The molecule has 0 spiro atoms. The molecule has 0 aliphatic carbocycles. The molecule has 10 nitrogen and oxygen atoms in total. The van der Waals surface area contributed by atoms with Gasteiger partial charge in [0.2, 0.25) is 15.9 Å². The summed E-state index contributed by atoms with van der Waals surface area (Å²) in [6, 6.07) is 8.29. The standard InChI is InChI=1S/C23H27ClN6O4S2/c1-15-13-25-21(27-15)16-4-3-5-17(12-16)36(33,34)28-18(23(32)30-10-8-29(2)9-11-30)14-26-22(31)19-6-7-20(24)35-19/h3-7,12-13,18,28H,8-11,14H2,1-2H3,(H,25,27)(H,26,31)/t18-/m0/s1. The Labute approximate surface area is 218 Å². The van der Waals surface area contributed by atoms with E-state index in [1.165, 1.54) is 12.1 Å². The summed E-state index contributed by atoms with van der Waals surface area (Å²) in [7, 11) is -2.15. The number of sulfonamides is 1. The number of halogens is 1. The molecule has 13 heteroatoms. The van der Waals surface area contributed by atoms with E-state index in [0.717, 1.165) is 17.0 Å². The van der Waals surface area contributed by atoms with Crippen molar-refractivity contribution in [2.45, 2.75) is 17.9 Å². The highest BCUT2D eigenvalue weighted by molar-refractivity contribution is 7.89. The van der Waals surface area contributed by atoms with Gasteiger partial charge < -0.3 is 20.1 Å². The summed E-state index contributed by atoms with van der Waals surface area (Å²) in [5, 5.41) is 2.67. The molecular formula is C23H27ClN6O4S2. The number of nitrogens with one attached hydrogen (secondary N) is 3. The minimum atomic E-state index is -4.11. The summed E-state index contributed by atoms with van der Waals surface area (Å²) in [4.78, 5) is 37.3. The number of thiophene rings is 1. The summed E-state index contributed by atoms with van der Waals surface area (Å²) < 4.78 is 29.6. The van der Waals surface area contributed by atoms with Crippen LogP contribution >= 0.6 is 22.9 Å². The van der Waals surface area contributed by atoms with Crippen LogP contribution < -0.4 is 10.0 Å². The van der Waals surface area contributed by atoms with Crippen LogP contribution in [-0.4, -0.2) is 85.8 Å². The molecule has 192 valence electrons. The lowest BCUT2D eigenvalue weighted by Crippen LogP contribution is -2.57. The lowest BCUT2D eigenvalue weighted by Gasteiger charge is -2.34. The number of hydrogen-bond donors (Lipinski definition) is 3. The molecule has 2 amide bonds. The molecule has 0 saturated carbocycles. The normalized spacial score (nSPS) is 15.6. The molecular weight excluding hydrogens is 524 g/mol. The Morgan fingerprint density at radius 1 is 1.19 bits per heavy atom. The number of rotatable bonds is 8. The fourth-order valence-electron chi connectivity index (χ4n) is 3.77. The molecule has 3 aromatic rings. The number of aryl methyl sites for hydroxylation is 1. The molecule has 1 aliphatic rings. The van der Waals surface area contributed by atoms with Crippen LogP contribution in [0.4, 0.5) is 0 Å². The molecule has 4 rings (SSSR count). The van der Waals surface area contributed by atoms with E-state index in [0.29, 0.717) is 46.8 Å². The summed E-state index contributed by atoms with van der Waals surface area (Å²) in [5.41, 5.74) is 1.44. The van der Waals surface area contributed by atoms with E-state index in [-0.39, 0.29) is 11.4 Å². The van der Waals surface area contributed by atoms with Gasteiger partial charge >= 0.3 is 0 Å². The molecule has 3 N–H and O–H groups in total. The number of piperazine rings is 1. The maximum atomic E-state index is 13.4. The quantitative estimate of drug-likeness (QED) is 0.393. The molecule has 36 heavy (non-hydrogen) atoms. The van der Waals surface area contributed by atoms with Gasteiger partial charge in [0, 0.05) is 50.2 Å². The number of carbonyl (C=O) groups excluding carboxylic acids is 2. The molecule has 0 bridgehead atoms. The minimum absolute atomic E-state index is 0.0124. The van der Waals surface area contributed by atoms with Gasteiger partial charge in [0.25, 0.3) is 5.91 Å². The second-order valence-corrected chi connectivity index (χ2v) is 12.0. The highest BCUT2D eigenvalue weighted by Gasteiger charge is 2.31. The maximum Gasteiger partial charge on any atom is 0.261 e. The van der Waals surface area contributed by atoms with E-state index in [9.17, 15) is 18.0 Å². The smallest absolute Gasteiger partial charge is 0.261 e. The van der Waals surface area contributed by atoms with E-state index >= 15 is 0 Å². The third kappa shape index (κ3) is 6.31. The number of benzene rings is 1. The molecule has 1 saturated heterocycles. The van der Waals surface area contributed by atoms with Crippen LogP contribution in [0, 0.1) is 6.92 Å². The second kappa shape index (κ2) is 11.1. The zero-order valence-corrected chi connectivity index (χ0v) is 22.2. The summed E-state index contributed by atoms with van der Waals surface area (Å²) in [6.07, 6.45) is 1.66. The largest absolute Gasteiger partial charge is 0.349 e. The highest BCUT2D eigenvalue weighted by Crippen LogP contribution is 2.22. The maximum absolute atomic E-state index is 13.4. The molecule has 1 atom stereocenters. The second-order valence-electron chi connectivity index (χ2n) is 8.56. The molecule has 2 aromatic heterocycles. The van der Waals surface area contributed by atoms with Crippen molar-refractivity contribution in [2.75, 3.05) is 39.8 Å². The van der Waals surface area contributed by atoms with Crippen molar-refractivity contribution in [3.05, 3.63) is 57.5 Å². The summed E-state index contributed by atoms with van der Waals surface area (Å²) >= 11 is 7.02. The highest BCUT2D eigenvalue weighted by atomic mass is 35.5. The van der Waals surface area contributed by atoms with Crippen molar-refractivity contribution in [1.82, 2.24) is 29.8 Å². The van der Waals surface area contributed by atoms with Crippen LogP contribution in [0.15, 0.2) is 47.5 Å². The number of aromatic nitrogens is 2. The van der Waals surface area contributed by atoms with Crippen LogP contribution in [0.25, 0.3) is 11.4 Å². The summed E-state index contributed by atoms with van der Waals surface area (Å²) in [5.74, 6) is -0.289. The summed E-state index contributed by atoms with van der Waals surface area (Å²) in [6.45, 7) is 3.93. The van der Waals surface area contributed by atoms with Gasteiger partial charge in [-0.15, -0.1) is 11.3 Å². The number of aromatic amines is 1. The first-order chi connectivity index (χ1) is 17.1. The van der Waals surface area contributed by atoms with Crippen LogP contribution in [0.2, 0.25) is 4.34 Å². The Morgan fingerprint density at radius 2 is 1.94 bits per heavy atom. The fourth-order valence-corrected chi connectivity index (χ4v) is 5.96. The molecule has 0 radical (unpaired) electrons. The molecule has 3 heterocycles. The average molecular weight is 551 g/mol. The van der Waals surface area contributed by atoms with Crippen molar-refractivity contribution < 1.29 is 18.0 Å². The van der Waals surface area contributed by atoms with Gasteiger partial charge in [-0.3, -0.25) is 9.59 Å². The van der Waals surface area contributed by atoms with Gasteiger partial charge in [-0.1, -0.05) is 23.7 Å². The van der Waals surface area contributed by atoms with Crippen molar-refractivity contribution >= 4 is 44.8 Å². The number of H-pyrrole nitrogens is 1. The van der Waals surface area contributed by atoms with Gasteiger partial charge in [-0.2, -0.15) is 4.72 Å². The van der Waals surface area contributed by atoms with E-state index in [2.05, 4.69) is 24.9 Å². The van der Waals surface area contributed by atoms with Crippen LogP contribution in [0.1, 0.15) is 15.4 Å². The number of amides is 2. The van der Waals surface area contributed by atoms with E-state index in [1.54, 1.807) is 35.4 Å². The van der Waals surface area contributed by atoms with E-state index in [4.69, 9.17) is 11.6 Å². The monoisotopic (exact) mass is 550 g/mol. The van der Waals surface area contributed by atoms with E-state index in [1.807, 2.05) is 14.0 Å². The predicted octanol–water partition coefficient (Wildman–Crippen LogP) is 1.95. The third-order valence-electron chi connectivity index (χ3n) is 5.79. The van der Waals surface area contributed by atoms with Crippen LogP contribution in [-0.2, 0) is 14.8 Å². The predicted molar refractivity (Wildman–Crippen MR) is 139 cm³/mol. The Morgan fingerprint density at radius 3 is 2.58 bits per heavy atom. The van der Waals surface area contributed by atoms with Crippen molar-refractivity contribution in [3.63, 3.8) is 0 Å². The minimum Gasteiger partial charge on any atom is -0.349 e. The van der Waals surface area contributed by atoms with Crippen LogP contribution in [0.5, 0.6) is 0 Å². The lowest BCUT2D eigenvalue weighted by atomic mass is 10.2. The first kappa shape index (κ1) is 26.3. The lowest BCUT2D eigenvalue weighted by molar-refractivity contribution is -0.134. The Bertz CT molecular complexity index is 1350. The van der Waals surface area contributed by atoms with Crippen molar-refractivity contribution in [1.29, 1.82) is 0 Å². The van der Waals surface area contributed by atoms with Gasteiger partial charge in [0.1, 0.15) is 11.9 Å².